The van der Waals surface area contributed by atoms with Crippen LogP contribution < -0.4 is 5.32 Å². The van der Waals surface area contributed by atoms with Gasteiger partial charge in [0.15, 0.2) is 0 Å². The van der Waals surface area contributed by atoms with Crippen LogP contribution in [0.25, 0.3) is 0 Å². The lowest BCUT2D eigenvalue weighted by Crippen LogP contribution is -2.49. The minimum Gasteiger partial charge on any atom is -0.316 e. The Bertz CT molecular complexity index is 463. The summed E-state index contributed by atoms with van der Waals surface area (Å²) in [7, 11) is 0. The van der Waals surface area contributed by atoms with Crippen molar-refractivity contribution in [2.24, 2.45) is 5.41 Å². The molecule has 3 rings (SSSR count). The molecule has 0 aromatic heterocycles. The van der Waals surface area contributed by atoms with Gasteiger partial charge in [0.2, 0.25) is 0 Å². The van der Waals surface area contributed by atoms with Crippen LogP contribution in [0.1, 0.15) is 18.9 Å². The van der Waals surface area contributed by atoms with Crippen molar-refractivity contribution in [1.29, 1.82) is 0 Å². The Hall–Kier alpha value is -0.970. The molecule has 1 unspecified atom stereocenters. The van der Waals surface area contributed by atoms with E-state index in [1.54, 1.807) is 12.1 Å². The van der Waals surface area contributed by atoms with Crippen molar-refractivity contribution in [3.05, 3.63) is 35.6 Å². The Labute approximate surface area is 127 Å². The highest BCUT2D eigenvalue weighted by Crippen LogP contribution is 2.26. The van der Waals surface area contributed by atoms with Crippen LogP contribution in [0.5, 0.6) is 0 Å². The zero-order valence-corrected chi connectivity index (χ0v) is 12.9. The molecule has 3 nitrogen and oxygen atoms in total. The normalized spacial score (nSPS) is 28.1. The van der Waals surface area contributed by atoms with Crippen LogP contribution >= 0.6 is 0 Å². The molecule has 1 aromatic rings. The number of hydrogen-bond acceptors (Lipinski definition) is 3. The maximum absolute atomic E-state index is 13.2. The molecule has 0 amide bonds. The second kappa shape index (κ2) is 6.42. The highest BCUT2D eigenvalue weighted by Gasteiger charge is 2.31. The van der Waals surface area contributed by atoms with E-state index in [4.69, 9.17) is 0 Å². The molecule has 0 radical (unpaired) electrons. The Morgan fingerprint density at radius 1 is 1.19 bits per heavy atom. The largest absolute Gasteiger partial charge is 0.316 e. The van der Waals surface area contributed by atoms with Gasteiger partial charge in [0, 0.05) is 45.8 Å². The lowest BCUT2D eigenvalue weighted by Gasteiger charge is -2.38. The molecule has 2 aliphatic heterocycles. The third kappa shape index (κ3) is 4.02. The van der Waals surface area contributed by atoms with E-state index in [1.165, 1.54) is 19.0 Å². The van der Waals surface area contributed by atoms with Crippen molar-refractivity contribution in [2.75, 3.05) is 45.8 Å². The first-order valence-corrected chi connectivity index (χ1v) is 8.03. The summed E-state index contributed by atoms with van der Waals surface area (Å²) < 4.78 is 13.2. The third-order valence-corrected chi connectivity index (χ3v) is 4.82. The number of hydrogen-bond donors (Lipinski definition) is 1. The molecule has 2 saturated heterocycles. The van der Waals surface area contributed by atoms with Crippen LogP contribution in [-0.4, -0.2) is 55.6 Å². The van der Waals surface area contributed by atoms with Gasteiger partial charge in [0.1, 0.15) is 5.82 Å². The van der Waals surface area contributed by atoms with Crippen molar-refractivity contribution in [3.63, 3.8) is 0 Å². The molecule has 2 fully saturated rings. The monoisotopic (exact) mass is 291 g/mol. The second-order valence-electron chi connectivity index (χ2n) is 6.92. The van der Waals surface area contributed by atoms with Crippen molar-refractivity contribution in [2.45, 2.75) is 19.9 Å². The summed E-state index contributed by atoms with van der Waals surface area (Å²) in [4.78, 5) is 5.02. The second-order valence-corrected chi connectivity index (χ2v) is 6.92. The number of rotatable bonds is 4. The number of halogens is 1. The van der Waals surface area contributed by atoms with Gasteiger partial charge < -0.3 is 10.2 Å². The average Bonchev–Trinajstić information content (AvgIpc) is 2.88. The summed E-state index contributed by atoms with van der Waals surface area (Å²) in [6.07, 6.45) is 1.29. The van der Waals surface area contributed by atoms with Crippen LogP contribution in [0.2, 0.25) is 0 Å². The number of nitrogens with zero attached hydrogens (tertiary/aromatic N) is 2. The molecule has 0 aliphatic carbocycles. The smallest absolute Gasteiger partial charge is 0.123 e. The molecule has 21 heavy (non-hydrogen) atoms. The van der Waals surface area contributed by atoms with Gasteiger partial charge in [-0.3, -0.25) is 4.90 Å². The Morgan fingerprint density at radius 2 is 1.95 bits per heavy atom. The van der Waals surface area contributed by atoms with Gasteiger partial charge in [-0.1, -0.05) is 19.1 Å². The van der Waals surface area contributed by atoms with Crippen LogP contribution in [0.3, 0.4) is 0 Å². The zero-order valence-electron chi connectivity index (χ0n) is 12.9. The summed E-state index contributed by atoms with van der Waals surface area (Å²) in [5, 5.41) is 3.48. The number of piperazine rings is 1. The van der Waals surface area contributed by atoms with Gasteiger partial charge in [-0.2, -0.15) is 0 Å². The quantitative estimate of drug-likeness (QED) is 0.914. The van der Waals surface area contributed by atoms with E-state index >= 15 is 0 Å². The predicted molar refractivity (Wildman–Crippen MR) is 83.7 cm³/mol. The highest BCUT2D eigenvalue weighted by atomic mass is 19.1. The Kier molecular flexibility index (Phi) is 4.57. The van der Waals surface area contributed by atoms with Gasteiger partial charge >= 0.3 is 0 Å². The van der Waals surface area contributed by atoms with E-state index in [-0.39, 0.29) is 5.82 Å². The van der Waals surface area contributed by atoms with Crippen molar-refractivity contribution in [1.82, 2.24) is 15.1 Å². The lowest BCUT2D eigenvalue weighted by molar-refractivity contribution is 0.0932. The van der Waals surface area contributed by atoms with Crippen LogP contribution in [-0.2, 0) is 6.54 Å². The fourth-order valence-corrected chi connectivity index (χ4v) is 3.54. The zero-order chi connectivity index (χ0) is 14.7. The highest BCUT2D eigenvalue weighted by molar-refractivity contribution is 5.16. The number of nitrogens with one attached hydrogen (secondary N) is 1. The fraction of sp³-hybridized carbons (Fsp3) is 0.647. The molecule has 0 bridgehead atoms. The molecular weight excluding hydrogens is 265 g/mol. The van der Waals surface area contributed by atoms with E-state index < -0.39 is 0 Å². The molecule has 0 saturated carbocycles. The summed E-state index contributed by atoms with van der Waals surface area (Å²) in [5.74, 6) is -0.132. The molecule has 116 valence electrons. The summed E-state index contributed by atoms with van der Waals surface area (Å²) in [6.45, 7) is 11.2. The average molecular weight is 291 g/mol. The minimum atomic E-state index is -0.132. The summed E-state index contributed by atoms with van der Waals surface area (Å²) in [5.41, 5.74) is 1.53. The molecule has 1 aromatic carbocycles. The SMILES string of the molecule is CC1(CN2CCN(Cc3cccc(F)c3)CC2)CCNC1. The molecular formula is C17H26FN3. The third-order valence-electron chi connectivity index (χ3n) is 4.82. The fourth-order valence-electron chi connectivity index (χ4n) is 3.54. The van der Waals surface area contributed by atoms with E-state index in [1.807, 2.05) is 6.07 Å². The maximum atomic E-state index is 13.2. The van der Waals surface area contributed by atoms with Crippen LogP contribution in [0.15, 0.2) is 24.3 Å². The van der Waals surface area contributed by atoms with Crippen molar-refractivity contribution >= 4 is 0 Å². The van der Waals surface area contributed by atoms with Gasteiger partial charge in [-0.05, 0) is 36.1 Å². The number of benzene rings is 1. The molecule has 1 N–H and O–H groups in total. The van der Waals surface area contributed by atoms with Gasteiger partial charge in [0.05, 0.1) is 0 Å². The lowest BCUT2D eigenvalue weighted by atomic mass is 9.89. The van der Waals surface area contributed by atoms with Crippen LogP contribution in [0.4, 0.5) is 4.39 Å². The predicted octanol–water partition coefficient (Wildman–Crippen LogP) is 1.94. The first kappa shape index (κ1) is 14.9. The summed E-state index contributed by atoms with van der Waals surface area (Å²) >= 11 is 0. The maximum Gasteiger partial charge on any atom is 0.123 e. The van der Waals surface area contributed by atoms with E-state index in [0.29, 0.717) is 5.41 Å². The van der Waals surface area contributed by atoms with Gasteiger partial charge in [-0.25, -0.2) is 4.39 Å². The van der Waals surface area contributed by atoms with Gasteiger partial charge in [0.25, 0.3) is 0 Å². The molecule has 2 heterocycles. The van der Waals surface area contributed by atoms with Crippen LogP contribution in [0, 0.1) is 11.2 Å². The Morgan fingerprint density at radius 3 is 2.62 bits per heavy atom. The van der Waals surface area contributed by atoms with E-state index in [2.05, 4.69) is 22.0 Å². The molecule has 0 spiro atoms. The molecule has 1 atom stereocenters. The molecule has 4 heteroatoms. The first-order chi connectivity index (χ1) is 10.1. The van der Waals surface area contributed by atoms with E-state index in [9.17, 15) is 4.39 Å². The standard InChI is InChI=1S/C17H26FN3/c1-17(5-6-19-13-17)14-21-9-7-20(8-10-21)12-15-3-2-4-16(18)11-15/h2-4,11,19H,5-10,12-14H2,1H3. The first-order valence-electron chi connectivity index (χ1n) is 8.03. The summed E-state index contributed by atoms with van der Waals surface area (Å²) in [6, 6.07) is 6.98. The molecule has 2 aliphatic rings. The minimum absolute atomic E-state index is 0.132. The van der Waals surface area contributed by atoms with Crippen molar-refractivity contribution < 1.29 is 4.39 Å². The van der Waals surface area contributed by atoms with Crippen molar-refractivity contribution in [3.8, 4) is 0 Å². The van der Waals surface area contributed by atoms with Gasteiger partial charge in [-0.15, -0.1) is 0 Å². The topological polar surface area (TPSA) is 18.5 Å². The Balaban J connectivity index is 1.46. The van der Waals surface area contributed by atoms with E-state index in [0.717, 1.165) is 51.4 Å².